The number of anilines is 1. The molecule has 0 radical (unpaired) electrons. The second kappa shape index (κ2) is 9.73. The molecule has 0 aliphatic heterocycles. The number of rotatable bonds is 5. The van der Waals surface area contributed by atoms with E-state index in [1.807, 2.05) is 25.1 Å². The van der Waals surface area contributed by atoms with Crippen molar-refractivity contribution in [3.05, 3.63) is 117 Å². The van der Waals surface area contributed by atoms with E-state index in [4.69, 9.17) is 11.6 Å². The second-order valence-corrected chi connectivity index (χ2v) is 9.16. The third kappa shape index (κ3) is 4.20. The first-order chi connectivity index (χ1) is 18.9. The Bertz CT molecular complexity index is 1970. The molecule has 2 N–H and O–H groups in total. The van der Waals surface area contributed by atoms with E-state index in [0.717, 1.165) is 12.4 Å². The first kappa shape index (κ1) is 24.4. The van der Waals surface area contributed by atoms with E-state index >= 15 is 0 Å². The lowest BCUT2D eigenvalue weighted by molar-refractivity contribution is 0.614. The van der Waals surface area contributed by atoms with E-state index in [9.17, 15) is 14.0 Å². The number of hydrogen-bond acceptors (Lipinski definition) is 7. The third-order valence-electron chi connectivity index (χ3n) is 6.37. The molecule has 0 unspecified atom stereocenters. The van der Waals surface area contributed by atoms with Crippen LogP contribution >= 0.6 is 11.6 Å². The number of benzene rings is 2. The van der Waals surface area contributed by atoms with Crippen molar-refractivity contribution in [2.45, 2.75) is 13.0 Å². The van der Waals surface area contributed by atoms with Crippen LogP contribution in [0, 0.1) is 5.82 Å². The summed E-state index contributed by atoms with van der Waals surface area (Å²) in [6.07, 6.45) is 4.95. The largest absolute Gasteiger partial charge is 0.361 e. The lowest BCUT2D eigenvalue weighted by Crippen LogP contribution is -2.27. The molecule has 0 aliphatic rings. The maximum atomic E-state index is 14.3. The van der Waals surface area contributed by atoms with Gasteiger partial charge in [-0.3, -0.25) is 14.2 Å². The van der Waals surface area contributed by atoms with Crippen molar-refractivity contribution in [2.24, 2.45) is 0 Å². The zero-order valence-corrected chi connectivity index (χ0v) is 21.1. The van der Waals surface area contributed by atoms with Crippen molar-refractivity contribution in [3.8, 4) is 17.1 Å². The average Bonchev–Trinajstić information content (AvgIpc) is 2.95. The lowest BCUT2D eigenvalue weighted by Gasteiger charge is -2.24. The number of hydrogen-bond donors (Lipinski definition) is 2. The van der Waals surface area contributed by atoms with Crippen LogP contribution in [0.15, 0.2) is 89.1 Å². The maximum Gasteiger partial charge on any atom is 0.264 e. The Hall–Kier alpha value is -4.96. The van der Waals surface area contributed by atoms with E-state index in [0.29, 0.717) is 38.8 Å². The highest BCUT2D eigenvalue weighted by Crippen LogP contribution is 2.35. The Labute approximate surface area is 225 Å². The molecule has 0 amide bonds. The van der Waals surface area contributed by atoms with E-state index in [-0.39, 0.29) is 27.6 Å². The lowest BCUT2D eigenvalue weighted by atomic mass is 10.0. The number of halogens is 2. The fraction of sp³-hybridized carbons (Fsp3) is 0.0714. The van der Waals surface area contributed by atoms with Crippen molar-refractivity contribution in [1.29, 1.82) is 0 Å². The molecule has 6 rings (SSSR count). The Balaban J connectivity index is 1.62. The summed E-state index contributed by atoms with van der Waals surface area (Å²) < 4.78 is 15.1. The van der Waals surface area contributed by atoms with Gasteiger partial charge < -0.3 is 10.3 Å². The summed E-state index contributed by atoms with van der Waals surface area (Å²) in [5.74, 6) is -0.0941. The maximum absolute atomic E-state index is 14.3. The number of H-pyrrole nitrogens is 1. The molecule has 4 aromatic heterocycles. The zero-order chi connectivity index (χ0) is 27.1. The molecule has 1 atom stereocenters. The van der Waals surface area contributed by atoms with Crippen LogP contribution in [0.2, 0.25) is 5.02 Å². The average molecular weight is 540 g/mol. The van der Waals surface area contributed by atoms with Crippen LogP contribution in [-0.2, 0) is 0 Å². The Morgan fingerprint density at radius 2 is 1.72 bits per heavy atom. The van der Waals surface area contributed by atoms with Gasteiger partial charge in [-0.15, -0.1) is 0 Å². The first-order valence-electron chi connectivity index (χ1n) is 11.9. The fourth-order valence-electron chi connectivity index (χ4n) is 4.67. The van der Waals surface area contributed by atoms with E-state index in [1.54, 1.807) is 30.3 Å². The van der Waals surface area contributed by atoms with Gasteiger partial charge in [0.25, 0.3) is 5.56 Å². The topological polar surface area (TPSA) is 118 Å². The molecule has 0 aliphatic carbocycles. The highest BCUT2D eigenvalue weighted by atomic mass is 35.5. The van der Waals surface area contributed by atoms with Crippen molar-refractivity contribution in [3.63, 3.8) is 0 Å². The molecule has 39 heavy (non-hydrogen) atoms. The van der Waals surface area contributed by atoms with Gasteiger partial charge in [-0.25, -0.2) is 24.3 Å². The van der Waals surface area contributed by atoms with Crippen molar-refractivity contribution in [2.75, 3.05) is 5.32 Å². The van der Waals surface area contributed by atoms with Gasteiger partial charge in [0.05, 0.1) is 34.5 Å². The molecule has 0 saturated carbocycles. The van der Waals surface area contributed by atoms with Gasteiger partial charge >= 0.3 is 0 Å². The molecule has 192 valence electrons. The summed E-state index contributed by atoms with van der Waals surface area (Å²) in [5, 5.41) is 4.62. The number of nitrogens with one attached hydrogen (secondary N) is 2. The van der Waals surface area contributed by atoms with Crippen molar-refractivity contribution >= 4 is 39.2 Å². The zero-order valence-electron chi connectivity index (χ0n) is 20.4. The van der Waals surface area contributed by atoms with Crippen LogP contribution in [-0.4, -0.2) is 29.5 Å². The van der Waals surface area contributed by atoms with Gasteiger partial charge in [-0.2, -0.15) is 0 Å². The van der Waals surface area contributed by atoms with Crippen molar-refractivity contribution in [1.82, 2.24) is 29.5 Å². The minimum Gasteiger partial charge on any atom is -0.361 e. The molecule has 6 aromatic rings. The Kier molecular flexibility index (Phi) is 6.08. The van der Waals surface area contributed by atoms with Gasteiger partial charge in [0.2, 0.25) is 0 Å². The van der Waals surface area contributed by atoms with Gasteiger partial charge in [0, 0.05) is 28.9 Å². The van der Waals surface area contributed by atoms with E-state index in [2.05, 4.69) is 30.2 Å². The highest BCUT2D eigenvalue weighted by molar-refractivity contribution is 6.36. The molecular formula is C28H19ClFN7O2. The highest BCUT2D eigenvalue weighted by Gasteiger charge is 2.24. The van der Waals surface area contributed by atoms with Crippen molar-refractivity contribution < 1.29 is 4.39 Å². The van der Waals surface area contributed by atoms with Crippen LogP contribution in [0.25, 0.3) is 38.9 Å². The summed E-state index contributed by atoms with van der Waals surface area (Å²) in [4.78, 5) is 46.4. The first-order valence-corrected chi connectivity index (χ1v) is 12.3. The van der Waals surface area contributed by atoms with Gasteiger partial charge in [-0.05, 0) is 19.1 Å². The van der Waals surface area contributed by atoms with Crippen LogP contribution < -0.4 is 16.3 Å². The summed E-state index contributed by atoms with van der Waals surface area (Å²) in [6.45, 7) is 1.82. The van der Waals surface area contributed by atoms with Crippen LogP contribution in [0.3, 0.4) is 0 Å². The monoisotopic (exact) mass is 539 g/mol. The van der Waals surface area contributed by atoms with Gasteiger partial charge in [0.15, 0.2) is 17.1 Å². The molecule has 9 nitrogen and oxygen atoms in total. The molecule has 0 fully saturated rings. The minimum absolute atomic E-state index is 0.195. The van der Waals surface area contributed by atoms with E-state index < -0.39 is 11.9 Å². The molecule has 4 heterocycles. The standard InChI is InChI=1S/C28H19ClFN7O2/c1-15(36-27-22-20(38)10-11-31-26(22)34-14-35-27)24-23(29)18-8-5-9-19(25-32-12-16(30)13-33-25)21(18)28(39)37(24)17-6-3-2-4-7-17/h2-15H,1H3,(H2,31,34,35,36,38)/t15-/m0/s1. The smallest absolute Gasteiger partial charge is 0.264 e. The normalized spacial score (nSPS) is 12.1. The van der Waals surface area contributed by atoms with Crippen LogP contribution in [0.5, 0.6) is 0 Å². The van der Waals surface area contributed by atoms with Crippen LogP contribution in [0.4, 0.5) is 10.2 Å². The molecule has 0 saturated heterocycles. The summed E-state index contributed by atoms with van der Waals surface area (Å²) in [6, 6.07) is 15.0. The predicted molar refractivity (Wildman–Crippen MR) is 148 cm³/mol. The minimum atomic E-state index is -0.586. The Morgan fingerprint density at radius 3 is 2.49 bits per heavy atom. The quantitative estimate of drug-likeness (QED) is 0.315. The van der Waals surface area contributed by atoms with Crippen LogP contribution in [0.1, 0.15) is 18.7 Å². The van der Waals surface area contributed by atoms with E-state index in [1.165, 1.54) is 23.2 Å². The molecule has 0 bridgehead atoms. The molecule has 0 spiro atoms. The molecule has 11 heteroatoms. The summed E-state index contributed by atoms with van der Waals surface area (Å²) >= 11 is 7.06. The summed E-state index contributed by atoms with van der Waals surface area (Å²) in [5.41, 5.74) is 1.21. The molecular weight excluding hydrogens is 521 g/mol. The number of fused-ring (bicyclic) bond motifs is 2. The number of nitrogens with zero attached hydrogens (tertiary/aromatic N) is 5. The number of pyridine rings is 2. The Morgan fingerprint density at radius 1 is 0.949 bits per heavy atom. The second-order valence-electron chi connectivity index (χ2n) is 8.78. The number of aromatic nitrogens is 6. The SMILES string of the molecule is C[C@H](Nc1ncnc2[nH]ccc(=O)c12)c1c(Cl)c2cccc(-c3ncc(F)cn3)c2c(=O)n1-c1ccccc1. The van der Waals surface area contributed by atoms with Gasteiger partial charge in [0.1, 0.15) is 23.2 Å². The number of aromatic amines is 1. The van der Waals surface area contributed by atoms with Gasteiger partial charge in [-0.1, -0.05) is 48.0 Å². The molecule has 2 aromatic carbocycles. The number of para-hydroxylation sites is 1. The fourth-order valence-corrected chi connectivity index (χ4v) is 5.07. The predicted octanol–water partition coefficient (Wildman–Crippen LogP) is 5.04. The summed E-state index contributed by atoms with van der Waals surface area (Å²) in [7, 11) is 0. The third-order valence-corrected chi connectivity index (χ3v) is 6.77.